The predicted octanol–water partition coefficient (Wildman–Crippen LogP) is 4.28. The first-order valence-electron chi connectivity index (χ1n) is 6.56. The van der Waals surface area contributed by atoms with Gasteiger partial charge in [0.1, 0.15) is 5.41 Å². The fourth-order valence-electron chi connectivity index (χ4n) is 2.63. The maximum absolute atomic E-state index is 12.0. The van der Waals surface area contributed by atoms with Gasteiger partial charge in [-0.1, -0.05) is 74.0 Å². The van der Waals surface area contributed by atoms with E-state index in [2.05, 4.69) is 0 Å². The maximum atomic E-state index is 12.0. The van der Waals surface area contributed by atoms with E-state index in [0.717, 1.165) is 17.5 Å². The highest BCUT2D eigenvalue weighted by atomic mass is 35.5. The fraction of sp³-hybridized carbons (Fsp3) is 0.235. The van der Waals surface area contributed by atoms with Gasteiger partial charge >= 0.3 is 5.97 Å². The first-order valence-corrected chi connectivity index (χ1v) is 6.56. The molecule has 1 N–H and O–H groups in total. The third-order valence-electron chi connectivity index (χ3n) is 3.52. The Balaban J connectivity index is 0.00000200. The molecular formula is C17H19ClO2. The van der Waals surface area contributed by atoms with E-state index in [1.165, 1.54) is 0 Å². The smallest absolute Gasteiger partial charge is 0.318 e. The van der Waals surface area contributed by atoms with Gasteiger partial charge in [-0.05, 0) is 17.5 Å². The first-order chi connectivity index (χ1) is 9.21. The standard InChI is InChI=1S/C17H18O2.ClH/c1-2-13-17(16(18)19,14-9-5-3-6-10-14)15-11-7-4-8-12-15;/h3-12H,2,13H2,1H3,(H,18,19);1H. The molecule has 0 atom stereocenters. The SMILES string of the molecule is CCCC(C(=O)O)(c1ccccc1)c1ccccc1.Cl. The molecule has 0 unspecified atom stereocenters. The van der Waals surface area contributed by atoms with E-state index in [4.69, 9.17) is 0 Å². The highest BCUT2D eigenvalue weighted by Crippen LogP contribution is 2.37. The molecule has 0 aromatic heterocycles. The van der Waals surface area contributed by atoms with E-state index in [1.54, 1.807) is 0 Å². The summed E-state index contributed by atoms with van der Waals surface area (Å²) in [5, 5.41) is 9.86. The number of hydrogen-bond donors (Lipinski definition) is 1. The van der Waals surface area contributed by atoms with Gasteiger partial charge in [0.15, 0.2) is 0 Å². The van der Waals surface area contributed by atoms with Crippen molar-refractivity contribution in [1.29, 1.82) is 0 Å². The van der Waals surface area contributed by atoms with Crippen LogP contribution in [0.4, 0.5) is 0 Å². The van der Waals surface area contributed by atoms with Gasteiger partial charge in [-0.3, -0.25) is 4.79 Å². The Hall–Kier alpha value is -1.80. The number of carbonyl (C=O) groups is 1. The number of rotatable bonds is 5. The zero-order valence-corrected chi connectivity index (χ0v) is 12.3. The van der Waals surface area contributed by atoms with Crippen molar-refractivity contribution in [1.82, 2.24) is 0 Å². The zero-order valence-electron chi connectivity index (χ0n) is 11.5. The van der Waals surface area contributed by atoms with E-state index >= 15 is 0 Å². The molecule has 0 bridgehead atoms. The molecule has 0 aliphatic heterocycles. The van der Waals surface area contributed by atoms with Crippen molar-refractivity contribution in [3.05, 3.63) is 71.8 Å². The number of halogens is 1. The molecule has 0 saturated carbocycles. The third kappa shape index (κ3) is 2.86. The summed E-state index contributed by atoms with van der Waals surface area (Å²) in [6, 6.07) is 19.0. The largest absolute Gasteiger partial charge is 0.480 e. The van der Waals surface area contributed by atoms with Gasteiger partial charge < -0.3 is 5.11 Å². The van der Waals surface area contributed by atoms with Crippen LogP contribution < -0.4 is 0 Å². The normalized spacial score (nSPS) is 10.7. The molecular weight excluding hydrogens is 272 g/mol. The third-order valence-corrected chi connectivity index (χ3v) is 3.52. The minimum absolute atomic E-state index is 0. The van der Waals surface area contributed by atoms with E-state index in [0.29, 0.717) is 6.42 Å². The second-order valence-electron chi connectivity index (χ2n) is 4.69. The Morgan fingerprint density at radius 3 is 1.65 bits per heavy atom. The molecule has 106 valence electrons. The van der Waals surface area contributed by atoms with Gasteiger partial charge in [-0.25, -0.2) is 0 Å². The number of benzene rings is 2. The average molecular weight is 291 g/mol. The number of aliphatic carboxylic acids is 1. The van der Waals surface area contributed by atoms with Crippen LogP contribution in [0.3, 0.4) is 0 Å². The van der Waals surface area contributed by atoms with Crippen LogP contribution >= 0.6 is 12.4 Å². The molecule has 2 rings (SSSR count). The first kappa shape index (κ1) is 16.3. The second-order valence-corrected chi connectivity index (χ2v) is 4.69. The van der Waals surface area contributed by atoms with Gasteiger partial charge in [0, 0.05) is 0 Å². The van der Waals surface area contributed by atoms with Crippen molar-refractivity contribution >= 4 is 18.4 Å². The molecule has 0 aliphatic carbocycles. The Kier molecular flexibility index (Phi) is 5.78. The van der Waals surface area contributed by atoms with Crippen LogP contribution in [0.1, 0.15) is 30.9 Å². The lowest BCUT2D eigenvalue weighted by atomic mass is 9.71. The Morgan fingerprint density at radius 1 is 0.950 bits per heavy atom. The summed E-state index contributed by atoms with van der Waals surface area (Å²) in [4.78, 5) is 12.0. The predicted molar refractivity (Wildman–Crippen MR) is 83.5 cm³/mol. The van der Waals surface area contributed by atoms with Crippen LogP contribution in [0, 0.1) is 0 Å². The van der Waals surface area contributed by atoms with E-state index in [-0.39, 0.29) is 12.4 Å². The number of carboxylic acid groups (broad SMARTS) is 1. The molecule has 0 saturated heterocycles. The van der Waals surface area contributed by atoms with Crippen LogP contribution in [-0.4, -0.2) is 11.1 Å². The Bertz CT molecular complexity index is 498. The van der Waals surface area contributed by atoms with Crippen molar-refractivity contribution < 1.29 is 9.90 Å². The molecule has 3 heteroatoms. The molecule has 0 spiro atoms. The molecule has 2 aromatic rings. The van der Waals surface area contributed by atoms with E-state index < -0.39 is 11.4 Å². The van der Waals surface area contributed by atoms with Crippen molar-refractivity contribution in [2.75, 3.05) is 0 Å². The molecule has 20 heavy (non-hydrogen) atoms. The van der Waals surface area contributed by atoms with Crippen LogP contribution in [0.5, 0.6) is 0 Å². The lowest BCUT2D eigenvalue weighted by Crippen LogP contribution is -2.37. The van der Waals surface area contributed by atoms with Gasteiger partial charge in [0.2, 0.25) is 0 Å². The summed E-state index contributed by atoms with van der Waals surface area (Å²) in [5.41, 5.74) is 0.739. The minimum Gasteiger partial charge on any atom is -0.480 e. The fourth-order valence-corrected chi connectivity index (χ4v) is 2.63. The highest BCUT2D eigenvalue weighted by Gasteiger charge is 2.41. The summed E-state index contributed by atoms with van der Waals surface area (Å²) in [6.07, 6.45) is 1.41. The Labute approximate surface area is 125 Å². The monoisotopic (exact) mass is 290 g/mol. The van der Waals surface area contributed by atoms with Crippen LogP contribution in [-0.2, 0) is 10.2 Å². The topological polar surface area (TPSA) is 37.3 Å². The molecule has 0 radical (unpaired) electrons. The lowest BCUT2D eigenvalue weighted by molar-refractivity contribution is -0.142. The van der Waals surface area contributed by atoms with Crippen LogP contribution in [0.2, 0.25) is 0 Å². The highest BCUT2D eigenvalue weighted by molar-refractivity contribution is 5.86. The van der Waals surface area contributed by atoms with Crippen molar-refractivity contribution in [2.24, 2.45) is 0 Å². The summed E-state index contributed by atoms with van der Waals surface area (Å²) in [5.74, 6) is -0.785. The lowest BCUT2D eigenvalue weighted by Gasteiger charge is -2.30. The van der Waals surface area contributed by atoms with Gasteiger partial charge in [-0.2, -0.15) is 0 Å². The summed E-state index contributed by atoms with van der Waals surface area (Å²) >= 11 is 0. The summed E-state index contributed by atoms with van der Waals surface area (Å²) in [7, 11) is 0. The van der Waals surface area contributed by atoms with Gasteiger partial charge in [0.05, 0.1) is 0 Å². The second kappa shape index (κ2) is 7.11. The number of carboxylic acids is 1. The molecule has 2 nitrogen and oxygen atoms in total. The average Bonchev–Trinajstić information content (AvgIpc) is 2.46. The maximum Gasteiger partial charge on any atom is 0.318 e. The minimum atomic E-state index is -0.947. The Morgan fingerprint density at radius 2 is 1.35 bits per heavy atom. The summed E-state index contributed by atoms with van der Waals surface area (Å²) in [6.45, 7) is 2.02. The van der Waals surface area contributed by atoms with Crippen molar-refractivity contribution in [2.45, 2.75) is 25.2 Å². The zero-order chi connectivity index (χ0) is 13.7. The van der Waals surface area contributed by atoms with Crippen molar-refractivity contribution in [3.8, 4) is 0 Å². The molecule has 0 aliphatic rings. The van der Waals surface area contributed by atoms with Crippen LogP contribution in [0.15, 0.2) is 60.7 Å². The van der Waals surface area contributed by atoms with Crippen LogP contribution in [0.25, 0.3) is 0 Å². The molecule has 0 fully saturated rings. The van der Waals surface area contributed by atoms with E-state index in [9.17, 15) is 9.90 Å². The molecule has 0 amide bonds. The van der Waals surface area contributed by atoms with Crippen molar-refractivity contribution in [3.63, 3.8) is 0 Å². The van der Waals surface area contributed by atoms with E-state index in [1.807, 2.05) is 67.6 Å². The summed E-state index contributed by atoms with van der Waals surface area (Å²) < 4.78 is 0. The molecule has 2 aromatic carbocycles. The quantitative estimate of drug-likeness (QED) is 0.892. The number of hydrogen-bond acceptors (Lipinski definition) is 1. The van der Waals surface area contributed by atoms with Gasteiger partial charge in [-0.15, -0.1) is 12.4 Å². The van der Waals surface area contributed by atoms with Gasteiger partial charge in [0.25, 0.3) is 0 Å². The molecule has 0 heterocycles.